The molecule has 0 spiro atoms. The normalized spacial score (nSPS) is 11.1. The topological polar surface area (TPSA) is 64.4 Å². The molecule has 1 N–H and O–H groups in total. The number of benzene rings is 4. The lowest BCUT2D eigenvalue weighted by Crippen LogP contribution is -2.13. The molecule has 1 heterocycles. The average Bonchev–Trinajstić information content (AvgIpc) is 3.22. The van der Waals surface area contributed by atoms with E-state index in [1.807, 2.05) is 24.3 Å². The van der Waals surface area contributed by atoms with Crippen LogP contribution in [0, 0.1) is 5.82 Å². The van der Waals surface area contributed by atoms with E-state index in [0.717, 1.165) is 15.2 Å². The highest BCUT2D eigenvalue weighted by Crippen LogP contribution is 2.37. The van der Waals surface area contributed by atoms with Gasteiger partial charge in [0.15, 0.2) is 5.58 Å². The van der Waals surface area contributed by atoms with Crippen LogP contribution in [-0.4, -0.2) is 18.0 Å². The number of anilines is 1. The maximum atomic E-state index is 13.5. The summed E-state index contributed by atoms with van der Waals surface area (Å²) in [7, 11) is 1.53. The van der Waals surface area contributed by atoms with Crippen LogP contribution in [0.5, 0.6) is 5.75 Å². The van der Waals surface area contributed by atoms with Gasteiger partial charge in [-0.15, -0.1) is 0 Å². The third-order valence-electron chi connectivity index (χ3n) is 5.11. The van der Waals surface area contributed by atoms with Crippen molar-refractivity contribution in [1.29, 1.82) is 0 Å². The van der Waals surface area contributed by atoms with Crippen LogP contribution in [0.1, 0.15) is 10.4 Å². The highest BCUT2D eigenvalue weighted by molar-refractivity contribution is 9.10. The van der Waals surface area contributed by atoms with E-state index >= 15 is 0 Å². The summed E-state index contributed by atoms with van der Waals surface area (Å²) in [6.45, 7) is 0. The molecule has 7 heteroatoms. The summed E-state index contributed by atoms with van der Waals surface area (Å²) in [5, 5.41) is 4.76. The van der Waals surface area contributed by atoms with E-state index in [1.54, 1.807) is 36.4 Å². The quantitative estimate of drug-likeness (QED) is 0.300. The lowest BCUT2D eigenvalue weighted by molar-refractivity contribution is 0.102. The van der Waals surface area contributed by atoms with Gasteiger partial charge in [-0.3, -0.25) is 4.79 Å². The lowest BCUT2D eigenvalue weighted by Gasteiger charge is -2.13. The Morgan fingerprint density at radius 3 is 2.72 bits per heavy atom. The van der Waals surface area contributed by atoms with E-state index in [1.165, 1.54) is 19.2 Å². The number of oxazole rings is 1. The lowest BCUT2D eigenvalue weighted by atomic mass is 10.1. The van der Waals surface area contributed by atoms with E-state index < -0.39 is 0 Å². The van der Waals surface area contributed by atoms with Crippen LogP contribution in [0.2, 0.25) is 0 Å². The third kappa shape index (κ3) is 3.61. The molecule has 0 bridgehead atoms. The first kappa shape index (κ1) is 20.2. The second-order valence-electron chi connectivity index (χ2n) is 7.16. The van der Waals surface area contributed by atoms with Crippen molar-refractivity contribution in [1.82, 2.24) is 4.98 Å². The molecule has 4 aromatic carbocycles. The first-order valence-electron chi connectivity index (χ1n) is 9.76. The third-order valence-corrected chi connectivity index (χ3v) is 5.89. The predicted octanol–water partition coefficient (Wildman–Crippen LogP) is 6.81. The first-order chi connectivity index (χ1) is 15.5. The predicted molar refractivity (Wildman–Crippen MR) is 126 cm³/mol. The van der Waals surface area contributed by atoms with Crippen molar-refractivity contribution in [2.45, 2.75) is 0 Å². The van der Waals surface area contributed by atoms with Crippen molar-refractivity contribution in [2.24, 2.45) is 0 Å². The summed E-state index contributed by atoms with van der Waals surface area (Å²) in [6.07, 6.45) is 0. The molecule has 0 unspecified atom stereocenters. The minimum atomic E-state index is -0.367. The fourth-order valence-electron chi connectivity index (χ4n) is 3.60. The number of fused-ring (bicyclic) bond motifs is 2. The number of nitrogens with zero attached hydrogens (tertiary/aromatic N) is 1. The van der Waals surface area contributed by atoms with Gasteiger partial charge in [0.05, 0.1) is 17.1 Å². The van der Waals surface area contributed by atoms with Crippen molar-refractivity contribution in [2.75, 3.05) is 12.4 Å². The van der Waals surface area contributed by atoms with Crippen LogP contribution in [0.25, 0.3) is 33.3 Å². The maximum absolute atomic E-state index is 13.5. The molecule has 0 atom stereocenters. The minimum Gasteiger partial charge on any atom is -0.495 e. The number of rotatable bonds is 4. The van der Waals surface area contributed by atoms with Gasteiger partial charge in [0.1, 0.15) is 17.1 Å². The number of ether oxygens (including phenoxy) is 1. The van der Waals surface area contributed by atoms with Gasteiger partial charge in [-0.1, -0.05) is 30.3 Å². The summed E-state index contributed by atoms with van der Waals surface area (Å²) in [4.78, 5) is 17.5. The summed E-state index contributed by atoms with van der Waals surface area (Å²) in [5.74, 6) is 0.0786. The van der Waals surface area contributed by atoms with Crippen LogP contribution >= 0.6 is 15.9 Å². The van der Waals surface area contributed by atoms with E-state index in [0.29, 0.717) is 39.6 Å². The summed E-state index contributed by atoms with van der Waals surface area (Å²) < 4.78 is 25.5. The number of hydrogen-bond acceptors (Lipinski definition) is 4. The van der Waals surface area contributed by atoms with Crippen LogP contribution < -0.4 is 10.1 Å². The highest BCUT2D eigenvalue weighted by atomic mass is 79.9. The highest BCUT2D eigenvalue weighted by Gasteiger charge is 2.19. The van der Waals surface area contributed by atoms with E-state index in [2.05, 4.69) is 26.2 Å². The molecule has 0 saturated carbocycles. The zero-order chi connectivity index (χ0) is 22.2. The fourth-order valence-corrected chi connectivity index (χ4v) is 4.34. The summed E-state index contributed by atoms with van der Waals surface area (Å²) >= 11 is 3.56. The van der Waals surface area contributed by atoms with Crippen LogP contribution in [0.3, 0.4) is 0 Å². The number of amides is 1. The molecule has 0 fully saturated rings. The Morgan fingerprint density at radius 1 is 1.06 bits per heavy atom. The molecule has 0 aliphatic rings. The fraction of sp³-hybridized carbons (Fsp3) is 0.0400. The van der Waals surface area contributed by atoms with Crippen molar-refractivity contribution in [3.05, 3.63) is 88.6 Å². The van der Waals surface area contributed by atoms with Gasteiger partial charge in [0.25, 0.3) is 5.91 Å². The van der Waals surface area contributed by atoms with Gasteiger partial charge in [-0.05, 0) is 69.2 Å². The Morgan fingerprint density at radius 2 is 1.91 bits per heavy atom. The van der Waals surface area contributed by atoms with Crippen LogP contribution in [0.4, 0.5) is 10.1 Å². The molecule has 1 amide bonds. The smallest absolute Gasteiger partial charge is 0.259 e. The summed E-state index contributed by atoms with van der Waals surface area (Å²) in [5.41, 5.74) is 2.58. The molecule has 0 radical (unpaired) electrons. The largest absolute Gasteiger partial charge is 0.495 e. The molecule has 0 aliphatic heterocycles. The van der Waals surface area contributed by atoms with Gasteiger partial charge in [-0.2, -0.15) is 0 Å². The number of methoxy groups -OCH3 is 1. The molecule has 0 aliphatic carbocycles. The minimum absolute atomic E-state index is 0.308. The van der Waals surface area contributed by atoms with E-state index in [9.17, 15) is 9.18 Å². The van der Waals surface area contributed by atoms with Gasteiger partial charge in [-0.25, -0.2) is 9.37 Å². The molecule has 158 valence electrons. The Kier molecular flexibility index (Phi) is 5.11. The zero-order valence-electron chi connectivity index (χ0n) is 16.9. The number of carbonyl (C=O) groups excluding carboxylic acids is 1. The standard InChI is InChI=1S/C25H16BrFN2O3/c1-31-23-19(12-14-5-2-3-8-18(14)22(23)26)24(30)28-17-9-10-21-20(13-17)29-25(32-21)15-6-4-7-16(27)11-15/h2-13H,1H3,(H,28,30). The number of aromatic nitrogens is 1. The van der Waals surface area contributed by atoms with Crippen molar-refractivity contribution < 1.29 is 18.3 Å². The average molecular weight is 491 g/mol. The molecular weight excluding hydrogens is 475 g/mol. The van der Waals surface area contributed by atoms with Gasteiger partial charge in [0.2, 0.25) is 5.89 Å². The van der Waals surface area contributed by atoms with Gasteiger partial charge < -0.3 is 14.5 Å². The first-order valence-corrected chi connectivity index (χ1v) is 10.6. The second-order valence-corrected chi connectivity index (χ2v) is 7.95. The monoisotopic (exact) mass is 490 g/mol. The SMILES string of the molecule is COc1c(C(=O)Nc2ccc3oc(-c4cccc(F)c4)nc3c2)cc2ccccc2c1Br. The second kappa shape index (κ2) is 8.09. The molecule has 5 rings (SSSR count). The van der Waals surface area contributed by atoms with Crippen molar-refractivity contribution in [3.63, 3.8) is 0 Å². The van der Waals surface area contributed by atoms with Crippen LogP contribution in [-0.2, 0) is 0 Å². The number of halogens is 2. The molecule has 5 aromatic rings. The number of carbonyl (C=O) groups is 1. The Labute approximate surface area is 191 Å². The molecule has 5 nitrogen and oxygen atoms in total. The van der Waals surface area contributed by atoms with Crippen molar-refractivity contribution >= 4 is 49.4 Å². The van der Waals surface area contributed by atoms with E-state index in [-0.39, 0.29) is 11.7 Å². The maximum Gasteiger partial charge on any atom is 0.259 e. The van der Waals surface area contributed by atoms with E-state index in [4.69, 9.17) is 9.15 Å². The zero-order valence-corrected chi connectivity index (χ0v) is 18.4. The number of nitrogens with one attached hydrogen (secondary N) is 1. The Balaban J connectivity index is 1.49. The van der Waals surface area contributed by atoms with Crippen molar-refractivity contribution in [3.8, 4) is 17.2 Å². The molecular formula is C25H16BrFN2O3. The Bertz CT molecular complexity index is 1500. The Hall–Kier alpha value is -3.71. The van der Waals surface area contributed by atoms with Gasteiger partial charge >= 0.3 is 0 Å². The molecule has 1 aromatic heterocycles. The van der Waals surface area contributed by atoms with Crippen LogP contribution in [0.15, 0.2) is 81.7 Å². The molecule has 32 heavy (non-hydrogen) atoms. The summed E-state index contributed by atoms with van der Waals surface area (Å²) in [6, 6.07) is 20.7. The van der Waals surface area contributed by atoms with Gasteiger partial charge in [0, 0.05) is 11.3 Å². The number of hydrogen-bond donors (Lipinski definition) is 1. The molecule has 0 saturated heterocycles.